The average Bonchev–Trinajstić information content (AvgIpc) is 2.80. The molecule has 1 aromatic carbocycles. The number of hydrogen-bond acceptors (Lipinski definition) is 6. The SMILES string of the molecule is Cc1c(-c2cncc(F)c2)oc2c(C(C)Nc3cccnc3C#N)cc(C(F)(F)F)cc2c1=O. The molecule has 1 unspecified atom stereocenters. The molecule has 0 amide bonds. The van der Waals surface area contributed by atoms with E-state index in [0.29, 0.717) is 5.69 Å². The maximum atomic E-state index is 13.8. The first-order valence-electron chi connectivity index (χ1n) is 10.0. The molecule has 0 spiro atoms. The van der Waals surface area contributed by atoms with Crippen LogP contribution in [0, 0.1) is 24.1 Å². The zero-order valence-corrected chi connectivity index (χ0v) is 17.9. The molecule has 0 bridgehead atoms. The van der Waals surface area contributed by atoms with Crippen molar-refractivity contribution in [1.82, 2.24) is 9.97 Å². The molecule has 6 nitrogen and oxygen atoms in total. The number of nitriles is 1. The van der Waals surface area contributed by atoms with Crippen LogP contribution in [0.5, 0.6) is 0 Å². The third-order valence-corrected chi connectivity index (χ3v) is 5.29. The van der Waals surface area contributed by atoms with Gasteiger partial charge >= 0.3 is 6.18 Å². The van der Waals surface area contributed by atoms with Gasteiger partial charge in [0, 0.05) is 29.1 Å². The lowest BCUT2D eigenvalue weighted by Gasteiger charge is -2.20. The summed E-state index contributed by atoms with van der Waals surface area (Å²) in [5.41, 5.74) is -1.24. The van der Waals surface area contributed by atoms with Crippen LogP contribution < -0.4 is 10.7 Å². The largest absolute Gasteiger partial charge is 0.455 e. The third-order valence-electron chi connectivity index (χ3n) is 5.29. The van der Waals surface area contributed by atoms with E-state index in [1.54, 1.807) is 19.1 Å². The van der Waals surface area contributed by atoms with Crippen LogP contribution >= 0.6 is 0 Å². The highest BCUT2D eigenvalue weighted by molar-refractivity contribution is 5.84. The van der Waals surface area contributed by atoms with Crippen molar-refractivity contribution in [3.63, 3.8) is 0 Å². The first kappa shape index (κ1) is 22.9. The number of rotatable bonds is 4. The molecule has 0 saturated heterocycles. The van der Waals surface area contributed by atoms with Gasteiger partial charge in [0.25, 0.3) is 0 Å². The Morgan fingerprint density at radius 2 is 1.97 bits per heavy atom. The second kappa shape index (κ2) is 8.59. The monoisotopic (exact) mass is 468 g/mol. The second-order valence-electron chi connectivity index (χ2n) is 7.59. The lowest BCUT2D eigenvalue weighted by Crippen LogP contribution is -2.15. The Morgan fingerprint density at radius 1 is 1.21 bits per heavy atom. The summed E-state index contributed by atoms with van der Waals surface area (Å²) in [6.45, 7) is 2.95. The van der Waals surface area contributed by atoms with Gasteiger partial charge in [0.1, 0.15) is 23.2 Å². The fraction of sp³-hybridized carbons (Fsp3) is 0.167. The first-order chi connectivity index (χ1) is 16.1. The van der Waals surface area contributed by atoms with Crippen molar-refractivity contribution in [2.75, 3.05) is 5.32 Å². The highest BCUT2D eigenvalue weighted by Crippen LogP contribution is 2.37. The Morgan fingerprint density at radius 3 is 2.65 bits per heavy atom. The number of anilines is 1. The summed E-state index contributed by atoms with van der Waals surface area (Å²) in [6, 6.07) is 6.94. The minimum absolute atomic E-state index is 0.00296. The third kappa shape index (κ3) is 4.20. The van der Waals surface area contributed by atoms with Crippen molar-refractivity contribution >= 4 is 16.7 Å². The van der Waals surface area contributed by atoms with Gasteiger partial charge in [-0.3, -0.25) is 9.78 Å². The number of fused-ring (bicyclic) bond motifs is 1. The number of halogens is 4. The van der Waals surface area contributed by atoms with Gasteiger partial charge in [-0.05, 0) is 44.2 Å². The fourth-order valence-corrected chi connectivity index (χ4v) is 3.64. The van der Waals surface area contributed by atoms with Crippen LogP contribution in [0.2, 0.25) is 0 Å². The quantitative estimate of drug-likeness (QED) is 0.383. The van der Waals surface area contributed by atoms with Crippen molar-refractivity contribution in [3.8, 4) is 17.4 Å². The van der Waals surface area contributed by atoms with E-state index < -0.39 is 29.0 Å². The number of pyridine rings is 2. The van der Waals surface area contributed by atoms with E-state index in [0.717, 1.165) is 24.4 Å². The molecule has 34 heavy (non-hydrogen) atoms. The van der Waals surface area contributed by atoms with E-state index in [-0.39, 0.29) is 39.1 Å². The molecule has 0 saturated carbocycles. The van der Waals surface area contributed by atoms with Crippen LogP contribution in [0.15, 0.2) is 58.1 Å². The Hall–Kier alpha value is -4.26. The molecule has 0 aliphatic heterocycles. The van der Waals surface area contributed by atoms with Gasteiger partial charge in [-0.15, -0.1) is 0 Å². The van der Waals surface area contributed by atoms with Crippen molar-refractivity contribution in [1.29, 1.82) is 5.26 Å². The van der Waals surface area contributed by atoms with E-state index in [4.69, 9.17) is 4.42 Å². The Bertz CT molecular complexity index is 1510. The standard InChI is InChI=1S/C24H16F4N4O2/c1-12-21(33)18-8-15(24(26,27)28)7-17(13(2)32-19-4-3-5-31-20(19)9-29)23(18)34-22(12)14-6-16(25)11-30-10-14/h3-8,10-11,13,32H,1-2H3. The van der Waals surface area contributed by atoms with E-state index in [2.05, 4.69) is 15.3 Å². The minimum Gasteiger partial charge on any atom is -0.455 e. The number of hydrogen-bond donors (Lipinski definition) is 1. The summed E-state index contributed by atoms with van der Waals surface area (Å²) in [5, 5.41) is 12.0. The van der Waals surface area contributed by atoms with Crippen molar-refractivity contribution in [2.45, 2.75) is 26.1 Å². The van der Waals surface area contributed by atoms with Crippen LogP contribution in [-0.4, -0.2) is 9.97 Å². The van der Waals surface area contributed by atoms with Gasteiger partial charge in [-0.2, -0.15) is 18.4 Å². The lowest BCUT2D eigenvalue weighted by molar-refractivity contribution is -0.137. The predicted octanol–water partition coefficient (Wildman–Crippen LogP) is 5.76. The molecule has 0 radical (unpaired) electrons. The molecule has 4 rings (SSSR count). The highest BCUT2D eigenvalue weighted by Gasteiger charge is 2.33. The van der Waals surface area contributed by atoms with Crippen LogP contribution in [0.1, 0.15) is 35.3 Å². The van der Waals surface area contributed by atoms with Gasteiger partial charge < -0.3 is 9.73 Å². The summed E-state index contributed by atoms with van der Waals surface area (Å²) >= 11 is 0. The lowest BCUT2D eigenvalue weighted by atomic mass is 9.98. The topological polar surface area (TPSA) is 91.8 Å². The normalized spacial score (nSPS) is 12.4. The van der Waals surface area contributed by atoms with E-state index in [1.807, 2.05) is 6.07 Å². The Kier molecular flexibility index (Phi) is 5.79. The molecule has 1 N–H and O–H groups in total. The van der Waals surface area contributed by atoms with E-state index in [1.165, 1.54) is 19.3 Å². The highest BCUT2D eigenvalue weighted by atomic mass is 19.4. The zero-order valence-electron chi connectivity index (χ0n) is 17.9. The number of alkyl halides is 3. The molecule has 3 heterocycles. The number of nitrogens with one attached hydrogen (secondary N) is 1. The summed E-state index contributed by atoms with van der Waals surface area (Å²) in [4.78, 5) is 20.8. The minimum atomic E-state index is -4.72. The van der Waals surface area contributed by atoms with Gasteiger partial charge in [0.05, 0.1) is 28.9 Å². The van der Waals surface area contributed by atoms with Crippen LogP contribution in [0.4, 0.5) is 23.2 Å². The summed E-state index contributed by atoms with van der Waals surface area (Å²) in [7, 11) is 0. The first-order valence-corrected chi connectivity index (χ1v) is 10.0. The van der Waals surface area contributed by atoms with Crippen LogP contribution in [0.25, 0.3) is 22.3 Å². The molecule has 4 aromatic rings. The van der Waals surface area contributed by atoms with Gasteiger partial charge in [0.15, 0.2) is 11.1 Å². The van der Waals surface area contributed by atoms with Gasteiger partial charge in [0.2, 0.25) is 0 Å². The smallest absolute Gasteiger partial charge is 0.416 e. The number of nitrogens with zero attached hydrogens (tertiary/aromatic N) is 3. The number of benzene rings is 1. The van der Waals surface area contributed by atoms with Crippen molar-refractivity contribution < 1.29 is 22.0 Å². The molecule has 0 aliphatic rings. The molecular formula is C24H16F4N4O2. The summed E-state index contributed by atoms with van der Waals surface area (Å²) in [5.74, 6) is -0.667. The molecule has 0 fully saturated rings. The molecular weight excluding hydrogens is 452 g/mol. The van der Waals surface area contributed by atoms with Crippen LogP contribution in [0.3, 0.4) is 0 Å². The Balaban J connectivity index is 1.98. The van der Waals surface area contributed by atoms with Crippen molar-refractivity contribution in [2.24, 2.45) is 0 Å². The molecule has 0 aliphatic carbocycles. The molecule has 172 valence electrons. The average molecular weight is 468 g/mol. The van der Waals surface area contributed by atoms with Crippen molar-refractivity contribution in [3.05, 3.63) is 87.3 Å². The van der Waals surface area contributed by atoms with E-state index >= 15 is 0 Å². The summed E-state index contributed by atoms with van der Waals surface area (Å²) in [6.07, 6.45) is -1.04. The number of aromatic nitrogens is 2. The zero-order chi connectivity index (χ0) is 24.6. The maximum absolute atomic E-state index is 13.8. The van der Waals surface area contributed by atoms with Gasteiger partial charge in [-0.25, -0.2) is 9.37 Å². The van der Waals surface area contributed by atoms with Crippen LogP contribution in [-0.2, 0) is 6.18 Å². The predicted molar refractivity (Wildman–Crippen MR) is 116 cm³/mol. The van der Waals surface area contributed by atoms with Gasteiger partial charge in [-0.1, -0.05) is 0 Å². The molecule has 1 atom stereocenters. The van der Waals surface area contributed by atoms with E-state index in [9.17, 15) is 27.6 Å². The Labute approximate surface area is 190 Å². The molecule has 3 aromatic heterocycles. The fourth-order valence-electron chi connectivity index (χ4n) is 3.64. The molecule has 10 heteroatoms. The second-order valence-corrected chi connectivity index (χ2v) is 7.59. The summed E-state index contributed by atoms with van der Waals surface area (Å²) < 4.78 is 60.7. The maximum Gasteiger partial charge on any atom is 0.416 e.